The van der Waals surface area contributed by atoms with Crippen molar-refractivity contribution in [3.8, 4) is 0 Å². The molecule has 116 valence electrons. The second kappa shape index (κ2) is 8.08. The van der Waals surface area contributed by atoms with Crippen molar-refractivity contribution in [2.75, 3.05) is 0 Å². The number of hydrogen-bond donors (Lipinski definition) is 2. The molecular weight excluding hydrogens is 348 g/mol. The molecule has 0 radical (unpaired) electrons. The number of aromatic nitrogens is 2. The van der Waals surface area contributed by atoms with Crippen LogP contribution in [0.3, 0.4) is 0 Å². The lowest BCUT2D eigenvalue weighted by Crippen LogP contribution is -2.37. The van der Waals surface area contributed by atoms with E-state index in [1.807, 2.05) is 18.3 Å². The van der Waals surface area contributed by atoms with E-state index in [0.29, 0.717) is 0 Å². The van der Waals surface area contributed by atoms with Crippen LogP contribution >= 0.6 is 27.3 Å². The summed E-state index contributed by atoms with van der Waals surface area (Å²) in [6, 6.07) is 4.59. The topological polar surface area (TPSA) is 55.9 Å². The molecule has 1 atom stereocenters. The number of rotatable bonds is 8. The van der Waals surface area contributed by atoms with Crippen molar-refractivity contribution in [2.24, 2.45) is 5.84 Å². The van der Waals surface area contributed by atoms with Gasteiger partial charge in [-0.2, -0.15) is 5.10 Å². The normalized spacial score (nSPS) is 12.8. The van der Waals surface area contributed by atoms with Crippen LogP contribution in [0.5, 0.6) is 0 Å². The number of halogens is 1. The quantitative estimate of drug-likeness (QED) is 0.552. The zero-order chi connectivity index (χ0) is 15.2. The molecule has 0 amide bonds. The molecule has 2 aromatic heterocycles. The third kappa shape index (κ3) is 4.39. The number of nitrogens with zero attached hydrogens (tertiary/aromatic N) is 2. The Hall–Kier alpha value is -0.690. The van der Waals surface area contributed by atoms with E-state index in [1.165, 1.54) is 10.6 Å². The SMILES string of the molecule is CCn1nc(C)c(Br)c1CC(CCCc1cccs1)NN. The molecule has 0 aliphatic rings. The minimum absolute atomic E-state index is 0.280. The molecule has 0 bridgehead atoms. The molecule has 0 saturated heterocycles. The highest BCUT2D eigenvalue weighted by Gasteiger charge is 2.16. The van der Waals surface area contributed by atoms with E-state index < -0.39 is 0 Å². The molecule has 4 nitrogen and oxygen atoms in total. The van der Waals surface area contributed by atoms with E-state index in [1.54, 1.807) is 0 Å². The summed E-state index contributed by atoms with van der Waals surface area (Å²) >= 11 is 5.47. The smallest absolute Gasteiger partial charge is 0.0738 e. The van der Waals surface area contributed by atoms with E-state index in [4.69, 9.17) is 5.84 Å². The summed E-state index contributed by atoms with van der Waals surface area (Å²) in [5, 5.41) is 6.67. The number of nitrogens with two attached hydrogens (primary N) is 1. The van der Waals surface area contributed by atoms with Crippen LogP contribution in [0.15, 0.2) is 22.0 Å². The second-order valence-electron chi connectivity index (χ2n) is 5.20. The van der Waals surface area contributed by atoms with Gasteiger partial charge in [-0.3, -0.25) is 16.0 Å². The van der Waals surface area contributed by atoms with Gasteiger partial charge in [0.1, 0.15) is 0 Å². The average molecular weight is 371 g/mol. The predicted molar refractivity (Wildman–Crippen MR) is 92.4 cm³/mol. The lowest BCUT2D eigenvalue weighted by Gasteiger charge is -2.16. The van der Waals surface area contributed by atoms with Crippen LogP contribution in [0, 0.1) is 6.92 Å². The van der Waals surface area contributed by atoms with E-state index >= 15 is 0 Å². The maximum Gasteiger partial charge on any atom is 0.0738 e. The van der Waals surface area contributed by atoms with Gasteiger partial charge in [0, 0.05) is 23.9 Å². The van der Waals surface area contributed by atoms with Crippen molar-refractivity contribution in [3.05, 3.63) is 38.3 Å². The molecule has 0 fully saturated rings. The van der Waals surface area contributed by atoms with Gasteiger partial charge in [0.05, 0.1) is 15.9 Å². The lowest BCUT2D eigenvalue weighted by atomic mass is 10.0. The third-order valence-electron chi connectivity index (χ3n) is 3.68. The summed E-state index contributed by atoms with van der Waals surface area (Å²) in [6.45, 7) is 5.03. The van der Waals surface area contributed by atoms with E-state index in [0.717, 1.165) is 42.4 Å². The molecule has 0 aliphatic carbocycles. The van der Waals surface area contributed by atoms with Crippen LogP contribution in [0.25, 0.3) is 0 Å². The Balaban J connectivity index is 1.92. The maximum atomic E-state index is 5.74. The first-order chi connectivity index (χ1) is 10.2. The Morgan fingerprint density at radius 2 is 2.33 bits per heavy atom. The van der Waals surface area contributed by atoms with Crippen LogP contribution in [0.1, 0.15) is 36.0 Å². The minimum atomic E-state index is 0.280. The molecule has 0 saturated carbocycles. The Morgan fingerprint density at radius 3 is 2.95 bits per heavy atom. The number of hydrogen-bond acceptors (Lipinski definition) is 4. The molecule has 0 spiro atoms. The van der Waals surface area contributed by atoms with E-state index in [-0.39, 0.29) is 6.04 Å². The summed E-state index contributed by atoms with van der Waals surface area (Å²) in [6.07, 6.45) is 4.24. The summed E-state index contributed by atoms with van der Waals surface area (Å²) in [5.74, 6) is 5.74. The molecule has 6 heteroatoms. The lowest BCUT2D eigenvalue weighted by molar-refractivity contribution is 0.459. The molecule has 2 rings (SSSR count). The van der Waals surface area contributed by atoms with Gasteiger partial charge >= 0.3 is 0 Å². The zero-order valence-corrected chi connectivity index (χ0v) is 15.0. The summed E-state index contributed by atoms with van der Waals surface area (Å²) in [7, 11) is 0. The fourth-order valence-corrected chi connectivity index (χ4v) is 3.72. The molecule has 2 aromatic rings. The summed E-state index contributed by atoms with van der Waals surface area (Å²) < 4.78 is 3.17. The van der Waals surface area contributed by atoms with Gasteiger partial charge in [-0.05, 0) is 60.5 Å². The Kier molecular flexibility index (Phi) is 6.41. The fourth-order valence-electron chi connectivity index (χ4n) is 2.52. The van der Waals surface area contributed by atoms with E-state index in [2.05, 4.69) is 55.6 Å². The van der Waals surface area contributed by atoms with Gasteiger partial charge in [0.25, 0.3) is 0 Å². The monoisotopic (exact) mass is 370 g/mol. The van der Waals surface area contributed by atoms with Gasteiger partial charge in [-0.1, -0.05) is 6.07 Å². The largest absolute Gasteiger partial charge is 0.271 e. The highest BCUT2D eigenvalue weighted by Crippen LogP contribution is 2.23. The average Bonchev–Trinajstić information content (AvgIpc) is 3.09. The van der Waals surface area contributed by atoms with Gasteiger partial charge in [0.2, 0.25) is 0 Å². The van der Waals surface area contributed by atoms with Gasteiger partial charge in [-0.25, -0.2) is 0 Å². The zero-order valence-electron chi connectivity index (χ0n) is 12.6. The van der Waals surface area contributed by atoms with Gasteiger partial charge in [-0.15, -0.1) is 11.3 Å². The van der Waals surface area contributed by atoms with Crippen LogP contribution < -0.4 is 11.3 Å². The third-order valence-corrected chi connectivity index (χ3v) is 5.65. The number of nitrogens with one attached hydrogen (secondary N) is 1. The van der Waals surface area contributed by atoms with Crippen molar-refractivity contribution in [2.45, 2.75) is 52.1 Å². The second-order valence-corrected chi connectivity index (χ2v) is 7.03. The fraction of sp³-hybridized carbons (Fsp3) is 0.533. The molecule has 1 unspecified atom stereocenters. The number of hydrazine groups is 1. The van der Waals surface area contributed by atoms with Gasteiger partial charge in [0.15, 0.2) is 0 Å². The van der Waals surface area contributed by atoms with Crippen molar-refractivity contribution in [1.82, 2.24) is 15.2 Å². The van der Waals surface area contributed by atoms with Crippen molar-refractivity contribution < 1.29 is 0 Å². The highest BCUT2D eigenvalue weighted by atomic mass is 79.9. The number of thiophene rings is 1. The van der Waals surface area contributed by atoms with Crippen molar-refractivity contribution >= 4 is 27.3 Å². The predicted octanol–water partition coefficient (Wildman–Crippen LogP) is 3.43. The molecule has 2 heterocycles. The first kappa shape index (κ1) is 16.7. The molecular formula is C15H23BrN4S. The molecule has 0 aromatic carbocycles. The first-order valence-corrected chi connectivity index (χ1v) is 9.03. The molecule has 3 N–H and O–H groups in total. The van der Waals surface area contributed by atoms with E-state index in [9.17, 15) is 0 Å². The standard InChI is InChI=1S/C15H23BrN4S/c1-3-20-14(15(16)11(2)19-20)10-12(18-17)6-4-7-13-8-5-9-21-13/h5,8-9,12,18H,3-4,6-7,10,17H2,1-2H3. The Morgan fingerprint density at radius 1 is 1.52 bits per heavy atom. The van der Waals surface area contributed by atoms with Gasteiger partial charge < -0.3 is 0 Å². The Labute approximate surface area is 138 Å². The molecule has 0 aliphatic heterocycles. The minimum Gasteiger partial charge on any atom is -0.271 e. The summed E-state index contributed by atoms with van der Waals surface area (Å²) in [4.78, 5) is 1.45. The van der Waals surface area contributed by atoms with Crippen LogP contribution in [0.4, 0.5) is 0 Å². The first-order valence-electron chi connectivity index (χ1n) is 7.36. The summed E-state index contributed by atoms with van der Waals surface area (Å²) in [5.41, 5.74) is 5.23. The van der Waals surface area contributed by atoms with Crippen LogP contribution in [-0.2, 0) is 19.4 Å². The maximum absolute atomic E-state index is 5.74. The number of aryl methyl sites for hydroxylation is 3. The highest BCUT2D eigenvalue weighted by molar-refractivity contribution is 9.10. The molecule has 21 heavy (non-hydrogen) atoms. The van der Waals surface area contributed by atoms with Crippen molar-refractivity contribution in [1.29, 1.82) is 0 Å². The van der Waals surface area contributed by atoms with Crippen molar-refractivity contribution in [3.63, 3.8) is 0 Å². The van der Waals surface area contributed by atoms with Crippen LogP contribution in [0.2, 0.25) is 0 Å². The Bertz CT molecular complexity index is 550. The van der Waals surface area contributed by atoms with Crippen LogP contribution in [-0.4, -0.2) is 15.8 Å².